The summed E-state index contributed by atoms with van der Waals surface area (Å²) >= 11 is 0. The molecule has 80 valence electrons. The van der Waals surface area contributed by atoms with Crippen molar-refractivity contribution in [3.05, 3.63) is 0 Å². The molecular weight excluding hydrogens is 172 g/mol. The Morgan fingerprint density at radius 1 is 1.00 bits per heavy atom. The van der Waals surface area contributed by atoms with E-state index in [1.54, 1.807) is 0 Å². The molecule has 0 spiro atoms. The van der Waals surface area contributed by atoms with Crippen LogP contribution in [0.3, 0.4) is 0 Å². The van der Waals surface area contributed by atoms with Gasteiger partial charge in [-0.2, -0.15) is 0 Å². The molecular formula is C12H22N2. The van der Waals surface area contributed by atoms with Gasteiger partial charge in [-0.25, -0.2) is 0 Å². The first-order chi connectivity index (χ1) is 6.42. The molecule has 0 radical (unpaired) electrons. The molecule has 3 heterocycles. The number of rotatable bonds is 0. The molecule has 1 saturated carbocycles. The molecule has 4 fully saturated rings. The molecule has 4 bridgehead atoms. The van der Waals surface area contributed by atoms with Crippen LogP contribution in [0.15, 0.2) is 0 Å². The van der Waals surface area contributed by atoms with E-state index < -0.39 is 0 Å². The van der Waals surface area contributed by atoms with Gasteiger partial charge in [0.05, 0.1) is 0 Å². The Hall–Kier alpha value is -0.0800. The monoisotopic (exact) mass is 194 g/mol. The van der Waals surface area contributed by atoms with Crippen LogP contribution in [0.4, 0.5) is 0 Å². The average molecular weight is 194 g/mol. The number of nitrogens with two attached hydrogens (primary N) is 1. The summed E-state index contributed by atoms with van der Waals surface area (Å²) in [7, 11) is 0. The van der Waals surface area contributed by atoms with Crippen molar-refractivity contribution in [1.29, 1.82) is 0 Å². The highest BCUT2D eigenvalue weighted by atomic mass is 15.2. The third-order valence-corrected chi connectivity index (χ3v) is 5.59. The van der Waals surface area contributed by atoms with E-state index in [0.717, 1.165) is 17.8 Å². The van der Waals surface area contributed by atoms with Crippen molar-refractivity contribution in [1.82, 2.24) is 4.90 Å². The van der Waals surface area contributed by atoms with Crippen LogP contribution in [0.25, 0.3) is 0 Å². The minimum absolute atomic E-state index is 0.128. The summed E-state index contributed by atoms with van der Waals surface area (Å²) < 4.78 is 0. The van der Waals surface area contributed by atoms with Crippen LogP contribution in [0.5, 0.6) is 0 Å². The lowest BCUT2D eigenvalue weighted by Crippen LogP contribution is -2.74. The Kier molecular flexibility index (Phi) is 1.54. The van der Waals surface area contributed by atoms with Crippen molar-refractivity contribution in [2.24, 2.45) is 23.5 Å². The van der Waals surface area contributed by atoms with Gasteiger partial charge < -0.3 is 5.73 Å². The minimum atomic E-state index is 0.128. The second-order valence-electron chi connectivity index (χ2n) is 6.49. The Labute approximate surface area is 86.8 Å². The maximum atomic E-state index is 6.47. The zero-order valence-electron chi connectivity index (χ0n) is 9.59. The second kappa shape index (κ2) is 2.35. The Morgan fingerprint density at radius 2 is 1.50 bits per heavy atom. The van der Waals surface area contributed by atoms with Gasteiger partial charge >= 0.3 is 0 Å². The van der Waals surface area contributed by atoms with Gasteiger partial charge in [-0.15, -0.1) is 0 Å². The normalized spacial score (nSPS) is 59.1. The molecule has 4 aliphatic rings. The largest absolute Gasteiger partial charge is 0.325 e. The SMILES string of the molecule is CC1(N)C2CC3CC1CN(C2)C3(C)C. The molecule has 2 heteroatoms. The standard InChI is InChI=1S/C12H22N2/c1-11(2)8-4-9-6-14(11)7-10(5-8)12(9,3)13/h8-10H,4-7,13H2,1-3H3. The predicted octanol–water partition coefficient (Wildman–Crippen LogP) is 1.45. The quantitative estimate of drug-likeness (QED) is 0.632. The van der Waals surface area contributed by atoms with Gasteiger partial charge in [0.25, 0.3) is 0 Å². The number of hydrogen-bond acceptors (Lipinski definition) is 2. The van der Waals surface area contributed by atoms with Crippen molar-refractivity contribution in [3.63, 3.8) is 0 Å². The summed E-state index contributed by atoms with van der Waals surface area (Å²) in [6.45, 7) is 9.61. The molecule has 0 aromatic rings. The van der Waals surface area contributed by atoms with E-state index in [1.807, 2.05) is 0 Å². The third kappa shape index (κ3) is 0.892. The van der Waals surface area contributed by atoms with Gasteiger partial charge in [-0.3, -0.25) is 4.90 Å². The van der Waals surface area contributed by atoms with Crippen molar-refractivity contribution in [3.8, 4) is 0 Å². The van der Waals surface area contributed by atoms with Gasteiger partial charge in [-0.05, 0) is 51.4 Å². The Balaban J connectivity index is 1.98. The number of piperidine rings is 3. The van der Waals surface area contributed by atoms with Crippen LogP contribution in [-0.2, 0) is 0 Å². The highest BCUT2D eigenvalue weighted by Gasteiger charge is 2.58. The number of nitrogens with zero attached hydrogens (tertiary/aromatic N) is 1. The lowest BCUT2D eigenvalue weighted by Gasteiger charge is -2.66. The summed E-state index contributed by atoms with van der Waals surface area (Å²) in [6.07, 6.45) is 2.74. The molecule has 3 aliphatic heterocycles. The van der Waals surface area contributed by atoms with E-state index >= 15 is 0 Å². The van der Waals surface area contributed by atoms with E-state index in [9.17, 15) is 0 Å². The summed E-state index contributed by atoms with van der Waals surface area (Å²) in [5, 5.41) is 0. The summed E-state index contributed by atoms with van der Waals surface area (Å²) in [4.78, 5) is 2.69. The summed E-state index contributed by atoms with van der Waals surface area (Å²) in [5.74, 6) is 2.41. The van der Waals surface area contributed by atoms with Crippen molar-refractivity contribution >= 4 is 0 Å². The van der Waals surface area contributed by atoms with E-state index in [1.165, 1.54) is 25.9 Å². The highest BCUT2D eigenvalue weighted by Crippen LogP contribution is 2.54. The average Bonchev–Trinajstić information content (AvgIpc) is 1.98. The van der Waals surface area contributed by atoms with Gasteiger partial charge in [0.2, 0.25) is 0 Å². The van der Waals surface area contributed by atoms with E-state index in [0.29, 0.717) is 5.54 Å². The zero-order valence-corrected chi connectivity index (χ0v) is 9.59. The van der Waals surface area contributed by atoms with Crippen molar-refractivity contribution in [2.75, 3.05) is 13.1 Å². The maximum absolute atomic E-state index is 6.47. The summed E-state index contributed by atoms with van der Waals surface area (Å²) in [5.41, 5.74) is 7.05. The molecule has 2 N–H and O–H groups in total. The molecule has 1 aliphatic carbocycles. The lowest BCUT2D eigenvalue weighted by atomic mass is 9.53. The number of hydrogen-bond donors (Lipinski definition) is 1. The molecule has 14 heavy (non-hydrogen) atoms. The first kappa shape index (κ1) is 9.17. The molecule has 3 saturated heterocycles. The molecule has 2 unspecified atom stereocenters. The van der Waals surface area contributed by atoms with Crippen LogP contribution in [0.1, 0.15) is 33.6 Å². The lowest BCUT2D eigenvalue weighted by molar-refractivity contribution is -0.145. The fraction of sp³-hybridized carbons (Fsp3) is 1.00. The smallest absolute Gasteiger partial charge is 0.0207 e. The first-order valence-electron chi connectivity index (χ1n) is 5.96. The predicted molar refractivity (Wildman–Crippen MR) is 57.9 cm³/mol. The molecule has 4 rings (SSSR count). The van der Waals surface area contributed by atoms with Crippen LogP contribution >= 0.6 is 0 Å². The molecule has 0 aromatic carbocycles. The van der Waals surface area contributed by atoms with Crippen molar-refractivity contribution < 1.29 is 0 Å². The topological polar surface area (TPSA) is 29.3 Å². The van der Waals surface area contributed by atoms with Gasteiger partial charge in [-0.1, -0.05) is 0 Å². The van der Waals surface area contributed by atoms with Crippen LogP contribution < -0.4 is 5.73 Å². The third-order valence-electron chi connectivity index (χ3n) is 5.59. The van der Waals surface area contributed by atoms with Gasteiger partial charge in [0.1, 0.15) is 0 Å². The Bertz CT molecular complexity index is 209. The molecule has 0 aromatic heterocycles. The zero-order chi connectivity index (χ0) is 10.1. The molecule has 2 nitrogen and oxygen atoms in total. The van der Waals surface area contributed by atoms with Crippen LogP contribution in [0, 0.1) is 17.8 Å². The minimum Gasteiger partial charge on any atom is -0.325 e. The molecule has 0 amide bonds. The first-order valence-corrected chi connectivity index (χ1v) is 5.96. The highest BCUT2D eigenvalue weighted by molar-refractivity contribution is 5.13. The molecule has 2 atom stereocenters. The Morgan fingerprint density at radius 3 is 1.93 bits per heavy atom. The van der Waals surface area contributed by atoms with Crippen LogP contribution in [0.2, 0.25) is 0 Å². The second-order valence-corrected chi connectivity index (χ2v) is 6.49. The maximum Gasteiger partial charge on any atom is 0.0207 e. The van der Waals surface area contributed by atoms with E-state index in [4.69, 9.17) is 5.73 Å². The van der Waals surface area contributed by atoms with E-state index in [-0.39, 0.29) is 5.54 Å². The van der Waals surface area contributed by atoms with Gasteiger partial charge in [0, 0.05) is 24.2 Å². The van der Waals surface area contributed by atoms with E-state index in [2.05, 4.69) is 25.7 Å². The van der Waals surface area contributed by atoms with Crippen LogP contribution in [-0.4, -0.2) is 29.1 Å². The van der Waals surface area contributed by atoms with Gasteiger partial charge in [0.15, 0.2) is 0 Å². The fourth-order valence-corrected chi connectivity index (χ4v) is 4.08. The fourth-order valence-electron chi connectivity index (χ4n) is 4.08. The summed E-state index contributed by atoms with van der Waals surface area (Å²) in [6, 6.07) is 0. The van der Waals surface area contributed by atoms with Crippen molar-refractivity contribution in [2.45, 2.75) is 44.7 Å².